The highest BCUT2D eigenvalue weighted by atomic mass is 16.5. The highest BCUT2D eigenvalue weighted by Gasteiger charge is 2.41. The zero-order valence-electron chi connectivity index (χ0n) is 35.1. The van der Waals surface area contributed by atoms with E-state index in [1.807, 2.05) is 85.4 Å². The fraction of sp³-hybridized carbons (Fsp3) is 0.333. The SMILES string of the molecule is COC(=O)NC(C(=O)N1CCCC1c1ncc(-c2ccc(-c3ccc4cc(-c5cnc(C6CC(C#N)CN6C(=O)C(c6ccccc6)N(C)C)[nH]5)ccc4c3)cc2)[nH]1)C(C)C. The molecule has 5 unspecified atom stereocenters. The molecule has 6 aromatic rings. The molecule has 0 saturated carbocycles. The van der Waals surface area contributed by atoms with E-state index >= 15 is 0 Å². The Morgan fingerprint density at radius 1 is 0.803 bits per heavy atom. The van der Waals surface area contributed by atoms with Crippen molar-refractivity contribution in [3.8, 4) is 39.7 Å². The number of H-pyrrole nitrogens is 2. The number of aromatic nitrogens is 4. The Balaban J connectivity index is 0.959. The van der Waals surface area contributed by atoms with Crippen LogP contribution in [0.3, 0.4) is 0 Å². The Bertz CT molecular complexity index is 2580. The van der Waals surface area contributed by atoms with E-state index < -0.39 is 18.2 Å². The number of benzene rings is 4. The molecule has 4 aromatic carbocycles. The number of nitriles is 1. The molecule has 2 aromatic heterocycles. The van der Waals surface area contributed by atoms with Gasteiger partial charge < -0.3 is 29.8 Å². The number of fused-ring (bicyclic) bond motifs is 1. The number of aromatic amines is 2. The van der Waals surface area contributed by atoms with E-state index in [1.54, 1.807) is 0 Å². The molecule has 5 atom stereocenters. The summed E-state index contributed by atoms with van der Waals surface area (Å²) in [6, 6.07) is 31.5. The molecule has 61 heavy (non-hydrogen) atoms. The fourth-order valence-electron chi connectivity index (χ4n) is 8.82. The minimum absolute atomic E-state index is 0.0441. The molecule has 8 rings (SSSR count). The predicted octanol–water partition coefficient (Wildman–Crippen LogP) is 8.05. The van der Waals surface area contributed by atoms with Gasteiger partial charge in [-0.2, -0.15) is 5.26 Å². The summed E-state index contributed by atoms with van der Waals surface area (Å²) in [6.45, 7) is 4.77. The van der Waals surface area contributed by atoms with Gasteiger partial charge in [-0.05, 0) is 84.4 Å². The second kappa shape index (κ2) is 17.4. The standard InChI is InChI=1S/C48H51N9O4/c1-29(2)42(54-48(60)61-5)46(58)56-21-9-12-40(56)44-50-26-38(52-44)32-15-13-31(14-16-32)34-17-18-36-24-37(20-19-35(36)23-34)39-27-51-45(53-39)41-22-30(25-49)28-57(41)47(59)43(55(3)4)33-10-7-6-8-11-33/h6-8,10-11,13-20,23-24,26-27,29-30,40-43H,9,12,21-22,28H2,1-5H3,(H,50,52)(H,51,53)(H,54,60). The van der Waals surface area contributed by atoms with Gasteiger partial charge >= 0.3 is 6.09 Å². The van der Waals surface area contributed by atoms with Crippen LogP contribution in [0, 0.1) is 23.2 Å². The Labute approximate surface area is 355 Å². The van der Waals surface area contributed by atoms with Gasteiger partial charge in [-0.1, -0.05) is 92.7 Å². The smallest absolute Gasteiger partial charge is 0.407 e. The van der Waals surface area contributed by atoms with E-state index in [9.17, 15) is 19.6 Å². The van der Waals surface area contributed by atoms with Crippen LogP contribution >= 0.6 is 0 Å². The topological polar surface area (TPSA) is 163 Å². The molecule has 0 spiro atoms. The third-order valence-corrected chi connectivity index (χ3v) is 12.1. The summed E-state index contributed by atoms with van der Waals surface area (Å²) in [5, 5.41) is 14.8. The summed E-state index contributed by atoms with van der Waals surface area (Å²) in [7, 11) is 5.10. The van der Waals surface area contributed by atoms with E-state index in [0.29, 0.717) is 25.3 Å². The van der Waals surface area contributed by atoms with E-state index in [-0.39, 0.29) is 35.7 Å². The minimum Gasteiger partial charge on any atom is -0.453 e. The number of ether oxygens (including phenoxy) is 1. The highest BCUT2D eigenvalue weighted by molar-refractivity contribution is 5.91. The normalized spacial score (nSPS) is 18.7. The number of methoxy groups -OCH3 is 1. The third-order valence-electron chi connectivity index (χ3n) is 12.1. The molecule has 3 amide bonds. The number of likely N-dealkylation sites (tertiary alicyclic amines) is 2. The summed E-state index contributed by atoms with van der Waals surface area (Å²) in [4.78, 5) is 61.6. The Morgan fingerprint density at radius 3 is 2.05 bits per heavy atom. The molecule has 13 heteroatoms. The van der Waals surface area contributed by atoms with E-state index in [0.717, 1.165) is 68.6 Å². The molecule has 3 N–H and O–H groups in total. The molecule has 0 bridgehead atoms. The number of imidazole rings is 2. The minimum atomic E-state index is -0.688. The highest BCUT2D eigenvalue weighted by Crippen LogP contribution is 2.38. The van der Waals surface area contributed by atoms with Crippen molar-refractivity contribution in [2.45, 2.75) is 57.3 Å². The number of rotatable bonds is 11. The monoisotopic (exact) mass is 817 g/mol. The zero-order chi connectivity index (χ0) is 42.8. The number of likely N-dealkylation sites (N-methyl/N-ethyl adjacent to an activating group) is 1. The van der Waals surface area contributed by atoms with Crippen molar-refractivity contribution >= 4 is 28.7 Å². The second-order valence-electron chi connectivity index (χ2n) is 16.6. The first-order chi connectivity index (χ1) is 29.5. The van der Waals surface area contributed by atoms with E-state index in [4.69, 9.17) is 14.7 Å². The number of carbonyl (C=O) groups is 3. The van der Waals surface area contributed by atoms with Crippen LogP contribution < -0.4 is 5.32 Å². The van der Waals surface area contributed by atoms with Crippen molar-refractivity contribution in [1.82, 2.24) is 40.0 Å². The quantitative estimate of drug-likeness (QED) is 0.118. The van der Waals surface area contributed by atoms with Gasteiger partial charge in [-0.3, -0.25) is 14.5 Å². The van der Waals surface area contributed by atoms with Crippen LogP contribution in [0.25, 0.3) is 44.4 Å². The second-order valence-corrected chi connectivity index (χ2v) is 16.6. The van der Waals surface area contributed by atoms with Gasteiger partial charge in [0.1, 0.15) is 23.7 Å². The van der Waals surface area contributed by atoms with Gasteiger partial charge in [0.2, 0.25) is 11.8 Å². The van der Waals surface area contributed by atoms with Crippen LogP contribution in [-0.2, 0) is 14.3 Å². The van der Waals surface area contributed by atoms with Gasteiger partial charge in [0, 0.05) is 18.7 Å². The van der Waals surface area contributed by atoms with Gasteiger partial charge in [0.15, 0.2) is 0 Å². The largest absolute Gasteiger partial charge is 0.453 e. The molecule has 2 aliphatic heterocycles. The molecule has 2 aliphatic rings. The van der Waals surface area contributed by atoms with Gasteiger partial charge in [0.05, 0.1) is 55.0 Å². The Morgan fingerprint density at radius 2 is 1.41 bits per heavy atom. The number of nitrogens with zero attached hydrogens (tertiary/aromatic N) is 6. The van der Waals surface area contributed by atoms with Crippen molar-refractivity contribution in [1.29, 1.82) is 5.26 Å². The lowest BCUT2D eigenvalue weighted by Crippen LogP contribution is -2.51. The molecular formula is C48H51N9O4. The number of alkyl carbamates (subject to hydrolysis) is 1. The molecular weight excluding hydrogens is 767 g/mol. The maximum Gasteiger partial charge on any atom is 0.407 e. The first kappa shape index (κ1) is 41.0. The number of nitrogens with one attached hydrogen (secondary N) is 3. The van der Waals surface area contributed by atoms with Crippen LogP contribution in [0.15, 0.2) is 103 Å². The summed E-state index contributed by atoms with van der Waals surface area (Å²) in [5.41, 5.74) is 6.75. The lowest BCUT2D eigenvalue weighted by molar-refractivity contribution is -0.137. The zero-order valence-corrected chi connectivity index (χ0v) is 35.1. The molecule has 0 aliphatic carbocycles. The number of amides is 3. The Hall–Kier alpha value is -6.78. The van der Waals surface area contributed by atoms with Gasteiger partial charge in [0.25, 0.3) is 0 Å². The maximum atomic E-state index is 14.1. The van der Waals surface area contributed by atoms with Crippen molar-refractivity contribution in [2.24, 2.45) is 11.8 Å². The van der Waals surface area contributed by atoms with Crippen molar-refractivity contribution in [3.63, 3.8) is 0 Å². The average Bonchev–Trinajstić information content (AvgIpc) is 4.12. The van der Waals surface area contributed by atoms with Crippen LogP contribution in [-0.4, -0.2) is 92.9 Å². The van der Waals surface area contributed by atoms with Crippen LogP contribution in [0.5, 0.6) is 0 Å². The van der Waals surface area contributed by atoms with Gasteiger partial charge in [-0.25, -0.2) is 14.8 Å². The summed E-state index contributed by atoms with van der Waals surface area (Å²) >= 11 is 0. The van der Waals surface area contributed by atoms with Gasteiger partial charge in [-0.15, -0.1) is 0 Å². The average molecular weight is 818 g/mol. The number of hydrogen-bond donors (Lipinski definition) is 3. The Kier molecular flexibility index (Phi) is 11.7. The molecule has 2 saturated heterocycles. The van der Waals surface area contributed by atoms with Crippen molar-refractivity contribution < 1.29 is 19.1 Å². The summed E-state index contributed by atoms with van der Waals surface area (Å²) in [6.07, 6.45) is 5.16. The van der Waals surface area contributed by atoms with Crippen LogP contribution in [0.4, 0.5) is 4.79 Å². The van der Waals surface area contributed by atoms with Crippen molar-refractivity contribution in [2.75, 3.05) is 34.3 Å². The molecule has 4 heterocycles. The van der Waals surface area contributed by atoms with E-state index in [2.05, 4.69) is 82.0 Å². The lowest BCUT2D eigenvalue weighted by Gasteiger charge is -2.31. The third kappa shape index (κ3) is 8.36. The van der Waals surface area contributed by atoms with Crippen LogP contribution in [0.1, 0.15) is 68.4 Å². The number of hydrogen-bond acceptors (Lipinski definition) is 8. The first-order valence-corrected chi connectivity index (χ1v) is 20.8. The van der Waals surface area contributed by atoms with E-state index in [1.165, 1.54) is 7.11 Å². The summed E-state index contributed by atoms with van der Waals surface area (Å²) < 4.78 is 4.77. The lowest BCUT2D eigenvalue weighted by atomic mass is 9.98. The van der Waals surface area contributed by atoms with Crippen LogP contribution in [0.2, 0.25) is 0 Å². The maximum absolute atomic E-state index is 14.1. The molecule has 312 valence electrons. The molecule has 2 fully saturated rings. The number of carbonyl (C=O) groups excluding carboxylic acids is 3. The molecule has 0 radical (unpaired) electrons. The van der Waals surface area contributed by atoms with Crippen molar-refractivity contribution in [3.05, 3.63) is 121 Å². The molecule has 13 nitrogen and oxygen atoms in total. The summed E-state index contributed by atoms with van der Waals surface area (Å²) in [5.74, 6) is 0.841. The first-order valence-electron chi connectivity index (χ1n) is 20.8. The predicted molar refractivity (Wildman–Crippen MR) is 233 cm³/mol. The fourth-order valence-corrected chi connectivity index (χ4v) is 8.82.